The van der Waals surface area contributed by atoms with E-state index in [4.69, 9.17) is 4.98 Å². The van der Waals surface area contributed by atoms with Crippen LogP contribution in [0.3, 0.4) is 0 Å². The minimum Gasteiger partial charge on any atom is -0.312 e. The summed E-state index contributed by atoms with van der Waals surface area (Å²) in [6, 6.07) is 0.394. The van der Waals surface area contributed by atoms with Gasteiger partial charge in [-0.25, -0.2) is 15.0 Å². The molecule has 0 radical (unpaired) electrons. The molecule has 1 aliphatic carbocycles. The molecule has 0 aromatic carbocycles. The van der Waals surface area contributed by atoms with Gasteiger partial charge in [0, 0.05) is 23.3 Å². The number of fused-ring (bicyclic) bond motifs is 1. The lowest BCUT2D eigenvalue weighted by molar-refractivity contribution is 0.265. The summed E-state index contributed by atoms with van der Waals surface area (Å²) in [4.78, 5) is 14.9. The molecule has 0 bridgehead atoms. The number of nitrogens with zero attached hydrogens (tertiary/aromatic N) is 3. The maximum absolute atomic E-state index is 4.80. The lowest BCUT2D eigenvalue weighted by Gasteiger charge is -2.34. The maximum atomic E-state index is 4.80. The molecule has 5 heteroatoms. The minimum absolute atomic E-state index is 0.292. The van der Waals surface area contributed by atoms with E-state index < -0.39 is 0 Å². The zero-order valence-electron chi connectivity index (χ0n) is 12.4. The zero-order valence-corrected chi connectivity index (χ0v) is 13.2. The normalized spacial score (nSPS) is 20.7. The van der Waals surface area contributed by atoms with E-state index in [1.54, 1.807) is 11.3 Å². The second-order valence-electron chi connectivity index (χ2n) is 6.30. The minimum atomic E-state index is 0.292. The quantitative estimate of drug-likeness (QED) is 0.922. The first kappa shape index (κ1) is 13.6. The molecule has 2 aromatic heterocycles. The second kappa shape index (κ2) is 4.90. The summed E-state index contributed by atoms with van der Waals surface area (Å²) in [5.74, 6) is 0.739. The Labute approximate surface area is 123 Å². The molecule has 0 saturated heterocycles. The van der Waals surface area contributed by atoms with Gasteiger partial charge in [0.05, 0.1) is 5.69 Å². The van der Waals surface area contributed by atoms with E-state index in [2.05, 4.69) is 29.1 Å². The summed E-state index contributed by atoms with van der Waals surface area (Å²) in [5, 5.41) is 4.36. The fourth-order valence-corrected chi connectivity index (χ4v) is 3.90. The van der Waals surface area contributed by atoms with Gasteiger partial charge < -0.3 is 5.32 Å². The Morgan fingerprint density at radius 2 is 2.00 bits per heavy atom. The maximum Gasteiger partial charge on any atom is 0.188 e. The molecule has 2 aromatic rings. The third kappa shape index (κ3) is 2.47. The molecule has 20 heavy (non-hydrogen) atoms. The average Bonchev–Trinajstić information content (AvgIpc) is 2.80. The summed E-state index contributed by atoms with van der Waals surface area (Å²) in [6.07, 6.45) is 5.88. The molecule has 1 unspecified atom stereocenters. The third-order valence-electron chi connectivity index (χ3n) is 3.77. The summed E-state index contributed by atoms with van der Waals surface area (Å²) in [5.41, 5.74) is 2.58. The number of aryl methyl sites for hydroxylation is 1. The second-order valence-corrected chi connectivity index (χ2v) is 7.33. The molecule has 0 saturated carbocycles. The Balaban J connectivity index is 2.01. The van der Waals surface area contributed by atoms with Crippen LogP contribution in [0.5, 0.6) is 0 Å². The number of aromatic nitrogens is 3. The molecule has 4 nitrogen and oxygen atoms in total. The van der Waals surface area contributed by atoms with E-state index in [-0.39, 0.29) is 0 Å². The van der Waals surface area contributed by atoms with Crippen molar-refractivity contribution in [1.82, 2.24) is 20.3 Å². The van der Waals surface area contributed by atoms with Gasteiger partial charge in [-0.15, -0.1) is 11.3 Å². The van der Waals surface area contributed by atoms with Gasteiger partial charge in [-0.2, -0.15) is 0 Å². The van der Waals surface area contributed by atoms with Crippen molar-refractivity contribution in [3.05, 3.63) is 28.5 Å². The first-order valence-corrected chi connectivity index (χ1v) is 7.76. The highest BCUT2D eigenvalue weighted by molar-refractivity contribution is 7.15. The first-order chi connectivity index (χ1) is 9.48. The van der Waals surface area contributed by atoms with Crippen LogP contribution in [0.25, 0.3) is 10.8 Å². The van der Waals surface area contributed by atoms with Crippen LogP contribution in [0.15, 0.2) is 12.4 Å². The van der Waals surface area contributed by atoms with Crippen LogP contribution < -0.4 is 5.32 Å². The largest absolute Gasteiger partial charge is 0.312 e. The van der Waals surface area contributed by atoms with E-state index in [1.165, 1.54) is 10.6 Å². The van der Waals surface area contributed by atoms with Crippen molar-refractivity contribution < 1.29 is 0 Å². The molecular formula is C15H20N4S. The Morgan fingerprint density at radius 1 is 1.30 bits per heavy atom. The van der Waals surface area contributed by atoms with E-state index in [0.717, 1.165) is 29.2 Å². The molecular weight excluding hydrogens is 268 g/mol. The van der Waals surface area contributed by atoms with Gasteiger partial charge in [-0.3, -0.25) is 0 Å². The van der Waals surface area contributed by atoms with Crippen LogP contribution in [0, 0.1) is 12.3 Å². The van der Waals surface area contributed by atoms with Crippen LogP contribution in [-0.2, 0) is 6.42 Å². The number of rotatable bonds is 2. The van der Waals surface area contributed by atoms with Crippen LogP contribution in [-0.4, -0.2) is 22.0 Å². The Bertz CT molecular complexity index is 615. The SMILES string of the molecule is CNC1CC(C)(C)Cc2nc(-c3ncc(C)cn3)sc21. The smallest absolute Gasteiger partial charge is 0.188 e. The topological polar surface area (TPSA) is 50.7 Å². The fourth-order valence-electron chi connectivity index (χ4n) is 2.77. The fraction of sp³-hybridized carbons (Fsp3) is 0.533. The number of hydrogen-bond acceptors (Lipinski definition) is 5. The summed E-state index contributed by atoms with van der Waals surface area (Å²) < 4.78 is 0. The lowest BCUT2D eigenvalue weighted by atomic mass is 9.76. The third-order valence-corrected chi connectivity index (χ3v) is 4.97. The summed E-state index contributed by atoms with van der Waals surface area (Å²) in [7, 11) is 2.03. The van der Waals surface area contributed by atoms with E-state index in [1.807, 2.05) is 26.4 Å². The van der Waals surface area contributed by atoms with Crippen LogP contribution in [0.4, 0.5) is 0 Å². The van der Waals surface area contributed by atoms with Crippen molar-refractivity contribution in [2.45, 2.75) is 39.7 Å². The zero-order chi connectivity index (χ0) is 14.3. The van der Waals surface area contributed by atoms with Crippen molar-refractivity contribution in [2.75, 3.05) is 7.05 Å². The molecule has 1 atom stereocenters. The van der Waals surface area contributed by atoms with E-state index in [0.29, 0.717) is 11.5 Å². The van der Waals surface area contributed by atoms with Crippen LogP contribution in [0.2, 0.25) is 0 Å². The van der Waals surface area contributed by atoms with E-state index >= 15 is 0 Å². The van der Waals surface area contributed by atoms with Gasteiger partial charge in [0.15, 0.2) is 10.8 Å². The number of nitrogens with one attached hydrogen (secondary N) is 1. The highest BCUT2D eigenvalue weighted by Gasteiger charge is 2.34. The Morgan fingerprint density at radius 3 is 2.65 bits per heavy atom. The summed E-state index contributed by atoms with van der Waals surface area (Å²) >= 11 is 1.73. The molecule has 0 amide bonds. The van der Waals surface area contributed by atoms with Crippen molar-refractivity contribution in [3.8, 4) is 10.8 Å². The van der Waals surface area contributed by atoms with Gasteiger partial charge in [0.25, 0.3) is 0 Å². The Kier molecular flexibility index (Phi) is 3.34. The highest BCUT2D eigenvalue weighted by Crippen LogP contribution is 2.44. The molecule has 3 rings (SSSR count). The molecule has 0 aliphatic heterocycles. The predicted molar refractivity (Wildman–Crippen MR) is 81.8 cm³/mol. The number of hydrogen-bond donors (Lipinski definition) is 1. The van der Waals surface area contributed by atoms with Gasteiger partial charge in [0.2, 0.25) is 0 Å². The molecule has 0 spiro atoms. The molecule has 1 N–H and O–H groups in total. The molecule has 106 valence electrons. The van der Waals surface area contributed by atoms with Crippen molar-refractivity contribution in [2.24, 2.45) is 5.41 Å². The predicted octanol–water partition coefficient (Wildman–Crippen LogP) is 3.14. The first-order valence-electron chi connectivity index (χ1n) is 6.94. The average molecular weight is 288 g/mol. The molecule has 1 aliphatic rings. The van der Waals surface area contributed by atoms with Gasteiger partial charge in [-0.1, -0.05) is 13.8 Å². The molecule has 0 fully saturated rings. The molecule has 2 heterocycles. The summed E-state index contributed by atoms with van der Waals surface area (Å²) in [6.45, 7) is 6.61. The van der Waals surface area contributed by atoms with Crippen molar-refractivity contribution in [3.63, 3.8) is 0 Å². The standard InChI is InChI=1S/C15H20N4S/c1-9-7-17-13(18-8-9)14-19-11-6-15(2,3)5-10(16-4)12(11)20-14/h7-8,10,16H,5-6H2,1-4H3. The van der Waals surface area contributed by atoms with Gasteiger partial charge in [-0.05, 0) is 37.8 Å². The number of thiazole rings is 1. The van der Waals surface area contributed by atoms with Crippen LogP contribution >= 0.6 is 11.3 Å². The highest BCUT2D eigenvalue weighted by atomic mass is 32.1. The van der Waals surface area contributed by atoms with Crippen LogP contribution in [0.1, 0.15) is 42.4 Å². The van der Waals surface area contributed by atoms with Gasteiger partial charge >= 0.3 is 0 Å². The van der Waals surface area contributed by atoms with Crippen molar-refractivity contribution in [1.29, 1.82) is 0 Å². The Hall–Kier alpha value is -1.33. The van der Waals surface area contributed by atoms with Gasteiger partial charge in [0.1, 0.15) is 0 Å². The van der Waals surface area contributed by atoms with Crippen molar-refractivity contribution >= 4 is 11.3 Å². The van der Waals surface area contributed by atoms with E-state index in [9.17, 15) is 0 Å². The lowest BCUT2D eigenvalue weighted by Crippen LogP contribution is -2.30. The monoisotopic (exact) mass is 288 g/mol.